The molecule has 9 aromatic rings. The van der Waals surface area contributed by atoms with Crippen LogP contribution in [-0.4, -0.2) is 96.2 Å². The Kier molecular flexibility index (Phi) is 27.0. The molecule has 0 bridgehead atoms. The number of ether oxygens (including phenoxy) is 8. The minimum atomic E-state index is -0.361. The van der Waals surface area contributed by atoms with Crippen molar-refractivity contribution in [3.05, 3.63) is 281 Å². The molecule has 0 saturated heterocycles. The van der Waals surface area contributed by atoms with Gasteiger partial charge >= 0.3 is 0 Å². The molecule has 0 atom stereocenters. The highest BCUT2D eigenvalue weighted by Gasteiger charge is 2.28. The maximum atomic E-state index is 13.2. The van der Waals surface area contributed by atoms with Crippen LogP contribution in [0.15, 0.2) is 231 Å². The topological polar surface area (TPSA) is 196 Å². The van der Waals surface area contributed by atoms with Gasteiger partial charge in [0, 0.05) is 38.5 Å². The number of hydrogen-bond acceptors (Lipinski definition) is 15. The Labute approximate surface area is 549 Å². The molecular weight excluding hydrogens is 1190 g/mol. The summed E-state index contributed by atoms with van der Waals surface area (Å²) in [6.45, 7) is 4.06. The van der Waals surface area contributed by atoms with Crippen LogP contribution >= 0.6 is 0 Å². The molecule has 0 unspecified atom stereocenters. The minimum Gasteiger partial charge on any atom is -0.508 e. The molecule has 1 N–H and O–H groups in total. The molecule has 0 spiro atoms. The quantitative estimate of drug-likeness (QED) is 0.0318. The second kappa shape index (κ2) is 36.1. The first-order chi connectivity index (χ1) is 45.7. The molecule has 0 saturated carbocycles. The van der Waals surface area contributed by atoms with Gasteiger partial charge in [0.05, 0.1) is 83.1 Å². The molecule has 0 aliphatic rings. The zero-order valence-electron chi connectivity index (χ0n) is 53.9. The zero-order valence-corrected chi connectivity index (χ0v) is 53.9. The van der Waals surface area contributed by atoms with E-state index in [4.69, 9.17) is 37.9 Å². The third-order valence-electron chi connectivity index (χ3n) is 15.7. The molecule has 15 heteroatoms. The number of carbonyl (C=O) groups is 6. The number of methoxy groups -OCH3 is 7. The normalized spacial score (nSPS) is 10.6. The summed E-state index contributed by atoms with van der Waals surface area (Å²) >= 11 is 0. The molecule has 0 heterocycles. The second-order valence-corrected chi connectivity index (χ2v) is 21.6. The van der Waals surface area contributed by atoms with E-state index in [1.807, 2.05) is 72.8 Å². The van der Waals surface area contributed by atoms with E-state index in [1.165, 1.54) is 42.7 Å². The van der Waals surface area contributed by atoms with Crippen molar-refractivity contribution >= 4 is 34.7 Å². The Morgan fingerprint density at radius 3 is 0.734 bits per heavy atom. The highest BCUT2D eigenvalue weighted by atomic mass is 16.5. The van der Waals surface area contributed by atoms with Crippen molar-refractivity contribution in [3.8, 4) is 51.7 Å². The number of phenols is 1. The summed E-state index contributed by atoms with van der Waals surface area (Å²) in [7, 11) is 10.8. The van der Waals surface area contributed by atoms with E-state index in [2.05, 4.69) is 6.58 Å². The van der Waals surface area contributed by atoms with Gasteiger partial charge in [-0.15, -0.1) is 0 Å². The van der Waals surface area contributed by atoms with Crippen LogP contribution in [0.2, 0.25) is 0 Å². The molecule has 0 fully saturated rings. The van der Waals surface area contributed by atoms with Crippen molar-refractivity contribution in [1.82, 2.24) is 0 Å². The maximum absolute atomic E-state index is 13.2. The Balaban J connectivity index is 0.000000200. The van der Waals surface area contributed by atoms with Crippen LogP contribution in [0.1, 0.15) is 135 Å². The summed E-state index contributed by atoms with van der Waals surface area (Å²) in [5.41, 5.74) is 5.56. The Hall–Kier alpha value is -11.1. The van der Waals surface area contributed by atoms with E-state index in [9.17, 15) is 33.9 Å². The number of benzene rings is 9. The van der Waals surface area contributed by atoms with Crippen LogP contribution in [0.4, 0.5) is 0 Å². The lowest BCUT2D eigenvalue weighted by Crippen LogP contribution is -2.14. The molecule has 9 aromatic carbocycles. The number of carbonyl (C=O) groups excluding carboxylic acids is 6. The van der Waals surface area contributed by atoms with Crippen molar-refractivity contribution in [2.24, 2.45) is 0 Å². The van der Waals surface area contributed by atoms with Gasteiger partial charge in [0.15, 0.2) is 34.7 Å². The monoisotopic (exact) mass is 1270 g/mol. The molecule has 0 aliphatic heterocycles. The lowest BCUT2D eigenvalue weighted by Gasteiger charge is -2.18. The van der Waals surface area contributed by atoms with E-state index in [0.717, 1.165) is 22.4 Å². The van der Waals surface area contributed by atoms with Crippen molar-refractivity contribution in [2.75, 3.05) is 56.4 Å². The highest BCUT2D eigenvalue weighted by Crippen LogP contribution is 2.36. The molecule has 484 valence electrons. The van der Waals surface area contributed by atoms with Gasteiger partial charge < -0.3 is 43.0 Å². The summed E-state index contributed by atoms with van der Waals surface area (Å²) < 4.78 is 42.8. The molecular formula is C79H78O15. The maximum Gasteiger partial charge on any atom is 0.167 e. The number of Topliss-reactive ketones (excluding diaryl/α,β-unsaturated/α-hetero) is 6. The van der Waals surface area contributed by atoms with E-state index < -0.39 is 0 Å². The highest BCUT2D eigenvalue weighted by molar-refractivity contribution is 6.04. The average molecular weight is 1270 g/mol. The molecule has 0 radical (unpaired) electrons. The summed E-state index contributed by atoms with van der Waals surface area (Å²) in [4.78, 5) is 78.8. The number of aromatic hydroxyl groups is 1. The van der Waals surface area contributed by atoms with Crippen LogP contribution in [0.25, 0.3) is 0 Å². The molecule has 0 amide bonds. The first-order valence-corrected chi connectivity index (χ1v) is 30.4. The Morgan fingerprint density at radius 2 is 0.521 bits per heavy atom. The van der Waals surface area contributed by atoms with Crippen molar-refractivity contribution < 1.29 is 71.8 Å². The summed E-state index contributed by atoms with van der Waals surface area (Å²) in [6.07, 6.45) is 2.61. The number of para-hydroxylation sites is 6. The first kappa shape index (κ1) is 70.4. The third kappa shape index (κ3) is 19.5. The molecule has 9 rings (SSSR count). The lowest BCUT2D eigenvalue weighted by atomic mass is 9.86. The standard InChI is InChI=1S/C28H28O5.C26H26O5.C25H24O5/c1-4-17-33-22-15-13-20(14-16-22)21(18-25(29)23-9-5-7-11-27(23)31-2)19-26(30)24-10-6-8-12-28(24)32-3;1-29-20-14-12-18(13-15-20)19(16-23(27)21-8-4-6-10-25(21)30-2)17-24(28)22-9-5-7-11-26(22)31-3;1-29-24-9-5-3-7-20(24)22(27)15-18(17-11-13-19(26)14-12-17)16-23(28)21-8-4-6-10-25(21)30-2/h4-16,21H,1,17-19H2,2-3H3;4-15,19H,16-17H2,1-3H3;3-14,18,26H,15-16H2,1-2H3. The van der Waals surface area contributed by atoms with Gasteiger partial charge in [-0.25, -0.2) is 0 Å². The average Bonchev–Trinajstić information content (AvgIpc) is 0.908. The van der Waals surface area contributed by atoms with Crippen molar-refractivity contribution in [1.29, 1.82) is 0 Å². The zero-order chi connectivity index (χ0) is 67.4. The van der Waals surface area contributed by atoms with Gasteiger partial charge in [-0.2, -0.15) is 0 Å². The summed E-state index contributed by atoms with van der Waals surface area (Å²) in [5.74, 6) is 3.10. The number of phenolic OH excluding ortho intramolecular Hbond substituents is 1. The molecule has 0 aliphatic carbocycles. The first-order valence-electron chi connectivity index (χ1n) is 30.4. The van der Waals surface area contributed by atoms with Gasteiger partial charge in [0.1, 0.15) is 58.4 Å². The Bertz CT molecular complexity index is 3800. The van der Waals surface area contributed by atoms with E-state index in [-0.39, 0.29) is 96.7 Å². The lowest BCUT2D eigenvalue weighted by molar-refractivity contribution is 0.0925. The largest absolute Gasteiger partial charge is 0.508 e. The van der Waals surface area contributed by atoms with Gasteiger partial charge in [-0.3, -0.25) is 28.8 Å². The van der Waals surface area contributed by atoms with Gasteiger partial charge in [-0.1, -0.05) is 122 Å². The van der Waals surface area contributed by atoms with Crippen LogP contribution in [0.3, 0.4) is 0 Å². The van der Waals surface area contributed by atoms with Crippen LogP contribution in [0, 0.1) is 0 Å². The van der Waals surface area contributed by atoms with Crippen molar-refractivity contribution in [2.45, 2.75) is 56.3 Å². The van der Waals surface area contributed by atoms with Gasteiger partial charge in [0.2, 0.25) is 0 Å². The van der Waals surface area contributed by atoms with Crippen molar-refractivity contribution in [3.63, 3.8) is 0 Å². The number of rotatable bonds is 31. The smallest absolute Gasteiger partial charge is 0.167 e. The third-order valence-corrected chi connectivity index (χ3v) is 15.7. The molecule has 0 aromatic heterocycles. The van der Waals surface area contributed by atoms with Crippen LogP contribution < -0.4 is 37.9 Å². The molecule has 15 nitrogen and oxygen atoms in total. The molecule has 94 heavy (non-hydrogen) atoms. The summed E-state index contributed by atoms with van der Waals surface area (Å²) in [5, 5.41) is 9.63. The SMILES string of the molecule is C=CCOc1ccc(C(CC(=O)c2ccccc2OC)CC(=O)c2ccccc2OC)cc1.COc1ccc(C(CC(=O)c2ccccc2OC)CC(=O)c2ccccc2OC)cc1.COc1ccccc1C(=O)CC(CC(=O)c1ccccc1OC)c1ccc(O)cc1. The predicted molar refractivity (Wildman–Crippen MR) is 363 cm³/mol. The van der Waals surface area contributed by atoms with E-state index >= 15 is 0 Å². The summed E-state index contributed by atoms with van der Waals surface area (Å²) in [6, 6.07) is 64.1. The van der Waals surface area contributed by atoms with E-state index in [1.54, 1.807) is 159 Å². The number of hydrogen-bond donors (Lipinski definition) is 1. The predicted octanol–water partition coefficient (Wildman–Crippen LogP) is 16.3. The fourth-order valence-corrected chi connectivity index (χ4v) is 10.8. The van der Waals surface area contributed by atoms with E-state index in [0.29, 0.717) is 80.2 Å². The van der Waals surface area contributed by atoms with Crippen LogP contribution in [0.5, 0.6) is 51.7 Å². The second-order valence-electron chi connectivity index (χ2n) is 21.6. The Morgan fingerprint density at radius 1 is 0.309 bits per heavy atom. The fraction of sp³-hybridized carbons (Fsp3) is 0.215. The number of ketones is 6. The fourth-order valence-electron chi connectivity index (χ4n) is 10.8. The van der Waals surface area contributed by atoms with Crippen LogP contribution in [-0.2, 0) is 0 Å². The van der Waals surface area contributed by atoms with Gasteiger partial charge in [-0.05, 0) is 144 Å². The minimum absolute atomic E-state index is 0.0777. The van der Waals surface area contributed by atoms with Gasteiger partial charge in [0.25, 0.3) is 0 Å².